The Hall–Kier alpha value is -2.15. The minimum Gasteiger partial charge on any atom is -0.298 e. The van der Waals surface area contributed by atoms with Gasteiger partial charge in [-0.05, 0) is 26.0 Å². The highest BCUT2D eigenvalue weighted by atomic mass is 32.2. The van der Waals surface area contributed by atoms with Crippen LogP contribution in [0.3, 0.4) is 0 Å². The van der Waals surface area contributed by atoms with E-state index in [1.54, 1.807) is 32.0 Å². The molecule has 1 aromatic carbocycles. The molecule has 0 saturated heterocycles. The zero-order valence-electron chi connectivity index (χ0n) is 10.5. The molecule has 0 aliphatic heterocycles. The zero-order valence-corrected chi connectivity index (χ0v) is 11.3. The first-order valence-electron chi connectivity index (χ1n) is 5.53. The number of anilines is 1. The second-order valence-electron chi connectivity index (χ2n) is 4.11. The van der Waals surface area contributed by atoms with Crippen LogP contribution in [0.2, 0.25) is 0 Å². The van der Waals surface area contributed by atoms with Crippen molar-refractivity contribution in [3.8, 4) is 0 Å². The summed E-state index contributed by atoms with van der Waals surface area (Å²) in [4.78, 5) is 10.8. The van der Waals surface area contributed by atoms with Crippen LogP contribution < -0.4 is 4.72 Å². The predicted octanol–water partition coefficient (Wildman–Crippen LogP) is 1.64. The lowest BCUT2D eigenvalue weighted by Crippen LogP contribution is -2.14. The van der Waals surface area contributed by atoms with E-state index in [9.17, 15) is 13.2 Å². The quantitative estimate of drug-likeness (QED) is 0.832. The maximum absolute atomic E-state index is 12.2. The van der Waals surface area contributed by atoms with Crippen LogP contribution >= 0.6 is 0 Å². The van der Waals surface area contributed by atoms with Crippen molar-refractivity contribution in [3.05, 3.63) is 41.2 Å². The highest BCUT2D eigenvalue weighted by Gasteiger charge is 2.22. The highest BCUT2D eigenvalue weighted by molar-refractivity contribution is 7.92. The molecule has 100 valence electrons. The van der Waals surface area contributed by atoms with Crippen molar-refractivity contribution in [2.75, 3.05) is 4.72 Å². The van der Waals surface area contributed by atoms with Crippen molar-refractivity contribution in [2.24, 2.45) is 0 Å². The molecule has 0 fully saturated rings. The molecule has 6 nitrogen and oxygen atoms in total. The van der Waals surface area contributed by atoms with Crippen molar-refractivity contribution in [1.29, 1.82) is 0 Å². The van der Waals surface area contributed by atoms with Crippen LogP contribution in [-0.2, 0) is 10.0 Å². The molecule has 0 unspecified atom stereocenters. The molecule has 7 heteroatoms. The number of nitrogens with one attached hydrogen (secondary N) is 2. The maximum Gasteiger partial charge on any atom is 0.265 e. The molecule has 1 heterocycles. The third-order valence-electron chi connectivity index (χ3n) is 2.60. The van der Waals surface area contributed by atoms with E-state index < -0.39 is 10.0 Å². The Bertz CT molecular complexity index is 700. The Kier molecular flexibility index (Phi) is 3.39. The molecule has 0 aliphatic rings. The van der Waals surface area contributed by atoms with Gasteiger partial charge in [-0.25, -0.2) is 8.42 Å². The van der Waals surface area contributed by atoms with Gasteiger partial charge in [-0.2, -0.15) is 5.10 Å². The molecule has 0 radical (unpaired) electrons. The summed E-state index contributed by atoms with van der Waals surface area (Å²) >= 11 is 0. The molecule has 1 aromatic heterocycles. The zero-order chi connectivity index (χ0) is 14.0. The van der Waals surface area contributed by atoms with Crippen LogP contribution in [0, 0.1) is 13.8 Å². The monoisotopic (exact) mass is 279 g/mol. The summed E-state index contributed by atoms with van der Waals surface area (Å²) in [5.74, 6) is 0. The average molecular weight is 279 g/mol. The molecule has 0 amide bonds. The number of rotatable bonds is 4. The summed E-state index contributed by atoms with van der Waals surface area (Å²) < 4.78 is 26.9. The largest absolute Gasteiger partial charge is 0.298 e. The van der Waals surface area contributed by atoms with Gasteiger partial charge in [0, 0.05) is 11.3 Å². The number of nitrogens with zero attached hydrogens (tertiary/aromatic N) is 1. The van der Waals surface area contributed by atoms with E-state index in [0.29, 0.717) is 28.9 Å². The number of aldehydes is 1. The number of H-pyrrole nitrogens is 1. The first-order chi connectivity index (χ1) is 8.94. The lowest BCUT2D eigenvalue weighted by atomic mass is 10.2. The van der Waals surface area contributed by atoms with Gasteiger partial charge < -0.3 is 0 Å². The fourth-order valence-electron chi connectivity index (χ4n) is 1.82. The van der Waals surface area contributed by atoms with E-state index in [1.165, 1.54) is 6.07 Å². The summed E-state index contributed by atoms with van der Waals surface area (Å²) in [7, 11) is -3.72. The van der Waals surface area contributed by atoms with Gasteiger partial charge in [-0.15, -0.1) is 0 Å². The van der Waals surface area contributed by atoms with Crippen molar-refractivity contribution >= 4 is 22.0 Å². The van der Waals surface area contributed by atoms with E-state index in [4.69, 9.17) is 0 Å². The molecular weight excluding hydrogens is 266 g/mol. The Morgan fingerprint density at radius 1 is 1.32 bits per heavy atom. The van der Waals surface area contributed by atoms with E-state index in [0.717, 1.165) is 0 Å². The molecule has 2 aromatic rings. The van der Waals surface area contributed by atoms with E-state index in [-0.39, 0.29) is 4.90 Å². The van der Waals surface area contributed by atoms with Crippen molar-refractivity contribution in [2.45, 2.75) is 18.7 Å². The molecule has 0 spiro atoms. The second kappa shape index (κ2) is 4.85. The van der Waals surface area contributed by atoms with Gasteiger partial charge in [0.05, 0.1) is 11.4 Å². The van der Waals surface area contributed by atoms with Gasteiger partial charge in [0.1, 0.15) is 11.2 Å². The number of hydrogen-bond acceptors (Lipinski definition) is 4. The molecule has 0 atom stereocenters. The van der Waals surface area contributed by atoms with Gasteiger partial charge in [0.2, 0.25) is 0 Å². The SMILES string of the molecule is Cc1n[nH]c(C)c1S(=O)(=O)Nc1cccc(C=O)c1. The fraction of sp³-hybridized carbons (Fsp3) is 0.167. The third-order valence-corrected chi connectivity index (χ3v) is 4.25. The number of benzene rings is 1. The van der Waals surface area contributed by atoms with Crippen LogP contribution in [0.5, 0.6) is 0 Å². The first kappa shape index (κ1) is 13.3. The number of aromatic nitrogens is 2. The maximum atomic E-state index is 12.2. The minimum absolute atomic E-state index is 0.129. The molecule has 2 N–H and O–H groups in total. The van der Waals surface area contributed by atoms with Crippen molar-refractivity contribution in [1.82, 2.24) is 10.2 Å². The van der Waals surface area contributed by atoms with Gasteiger partial charge in [0.15, 0.2) is 0 Å². The number of sulfonamides is 1. The Morgan fingerprint density at radius 3 is 2.63 bits per heavy atom. The lowest BCUT2D eigenvalue weighted by molar-refractivity contribution is 0.112. The number of aryl methyl sites for hydroxylation is 2. The lowest BCUT2D eigenvalue weighted by Gasteiger charge is -2.08. The second-order valence-corrected chi connectivity index (χ2v) is 5.73. The normalized spacial score (nSPS) is 11.3. The topological polar surface area (TPSA) is 91.9 Å². The van der Waals surface area contributed by atoms with Crippen LogP contribution in [0.15, 0.2) is 29.2 Å². The molecule has 19 heavy (non-hydrogen) atoms. The average Bonchev–Trinajstić information content (AvgIpc) is 2.69. The van der Waals surface area contributed by atoms with Crippen LogP contribution in [-0.4, -0.2) is 24.9 Å². The first-order valence-corrected chi connectivity index (χ1v) is 7.02. The van der Waals surface area contributed by atoms with Gasteiger partial charge >= 0.3 is 0 Å². The van der Waals surface area contributed by atoms with Crippen LogP contribution in [0.4, 0.5) is 5.69 Å². The Morgan fingerprint density at radius 2 is 2.05 bits per heavy atom. The van der Waals surface area contributed by atoms with Gasteiger partial charge in [0.25, 0.3) is 10.0 Å². The smallest absolute Gasteiger partial charge is 0.265 e. The molecule has 2 rings (SSSR count). The fourth-order valence-corrected chi connectivity index (χ4v) is 3.24. The summed E-state index contributed by atoms with van der Waals surface area (Å²) in [5.41, 5.74) is 1.61. The van der Waals surface area contributed by atoms with Crippen LogP contribution in [0.1, 0.15) is 21.7 Å². The molecule has 0 bridgehead atoms. The molecule has 0 saturated carbocycles. The molecule has 0 aliphatic carbocycles. The number of aromatic amines is 1. The van der Waals surface area contributed by atoms with E-state index in [1.807, 2.05) is 0 Å². The van der Waals surface area contributed by atoms with Crippen molar-refractivity contribution < 1.29 is 13.2 Å². The van der Waals surface area contributed by atoms with Gasteiger partial charge in [-0.3, -0.25) is 14.6 Å². The number of hydrogen-bond donors (Lipinski definition) is 2. The molecular formula is C12H13N3O3S. The van der Waals surface area contributed by atoms with E-state index >= 15 is 0 Å². The van der Waals surface area contributed by atoms with Crippen LogP contribution in [0.25, 0.3) is 0 Å². The predicted molar refractivity (Wildman–Crippen MR) is 70.7 cm³/mol. The summed E-state index contributed by atoms with van der Waals surface area (Å²) in [6.07, 6.45) is 0.659. The number of carbonyl (C=O) groups is 1. The summed E-state index contributed by atoms with van der Waals surface area (Å²) in [6, 6.07) is 6.25. The summed E-state index contributed by atoms with van der Waals surface area (Å²) in [5, 5.41) is 6.48. The Balaban J connectivity index is 2.39. The summed E-state index contributed by atoms with van der Waals surface area (Å²) in [6.45, 7) is 3.25. The third kappa shape index (κ3) is 2.65. The standard InChI is InChI=1S/C12H13N3O3S/c1-8-12(9(2)14-13-8)19(17,18)15-11-5-3-4-10(6-11)7-16/h3-7,15H,1-2H3,(H,13,14). The highest BCUT2D eigenvalue weighted by Crippen LogP contribution is 2.21. The van der Waals surface area contributed by atoms with E-state index in [2.05, 4.69) is 14.9 Å². The Labute approximate surface area is 110 Å². The minimum atomic E-state index is -3.72. The number of carbonyl (C=O) groups excluding carboxylic acids is 1. The van der Waals surface area contributed by atoms with Crippen molar-refractivity contribution in [3.63, 3.8) is 0 Å². The van der Waals surface area contributed by atoms with Gasteiger partial charge in [-0.1, -0.05) is 12.1 Å².